The summed E-state index contributed by atoms with van der Waals surface area (Å²) in [5.74, 6) is -0.237. The molecule has 9 heteroatoms. The number of pyridine rings is 2. The van der Waals surface area contributed by atoms with Crippen molar-refractivity contribution in [2.75, 3.05) is 13.7 Å². The van der Waals surface area contributed by atoms with Crippen LogP contribution >= 0.6 is 23.2 Å². The zero-order chi connectivity index (χ0) is 20.3. The first kappa shape index (κ1) is 20.9. The number of nitrogens with zero attached hydrogens (tertiary/aromatic N) is 3. The van der Waals surface area contributed by atoms with Crippen LogP contribution in [0.25, 0.3) is 6.08 Å². The van der Waals surface area contributed by atoms with Gasteiger partial charge in [0.2, 0.25) is 5.88 Å². The molecular weight excluding hydrogens is 414 g/mol. The fraction of sp³-hybridized carbons (Fsp3) is 0.368. The minimum Gasteiger partial charge on any atom is -0.467 e. The van der Waals surface area contributed by atoms with Crippen LogP contribution in [0.5, 0.6) is 5.88 Å². The highest BCUT2D eigenvalue weighted by Gasteiger charge is 2.29. The molecule has 1 fully saturated rings. The molecule has 0 atom stereocenters. The Balaban J connectivity index is 1.66. The normalized spacial score (nSPS) is 13.8. The first-order chi connectivity index (χ1) is 13.2. The van der Waals surface area contributed by atoms with Gasteiger partial charge in [0.25, 0.3) is 0 Å². The van der Waals surface area contributed by atoms with Gasteiger partial charge in [-0.05, 0) is 43.1 Å². The largest absolute Gasteiger partial charge is 0.467 e. The molecule has 0 saturated heterocycles. The van der Waals surface area contributed by atoms with Gasteiger partial charge in [0.1, 0.15) is 10.2 Å². The molecule has 0 amide bonds. The van der Waals surface area contributed by atoms with E-state index in [0.29, 0.717) is 18.2 Å². The zero-order valence-corrected chi connectivity index (χ0v) is 16.6. The molecule has 0 N–H and O–H groups in total. The van der Waals surface area contributed by atoms with Crippen molar-refractivity contribution in [1.29, 1.82) is 0 Å². The van der Waals surface area contributed by atoms with Crippen LogP contribution in [0.3, 0.4) is 0 Å². The predicted molar refractivity (Wildman–Crippen MR) is 102 cm³/mol. The maximum Gasteiger partial charge on any atom is 0.422 e. The summed E-state index contributed by atoms with van der Waals surface area (Å²) in [7, 11) is 1.90. The molecule has 2 heterocycles. The van der Waals surface area contributed by atoms with Crippen molar-refractivity contribution in [2.45, 2.75) is 32.1 Å². The lowest BCUT2D eigenvalue weighted by Crippen LogP contribution is -2.20. The first-order valence-electron chi connectivity index (χ1n) is 8.56. The number of alkyl halides is 3. The zero-order valence-electron chi connectivity index (χ0n) is 15.1. The highest BCUT2D eigenvalue weighted by Crippen LogP contribution is 2.32. The Labute approximate surface area is 170 Å². The Morgan fingerprint density at radius 2 is 1.96 bits per heavy atom. The summed E-state index contributed by atoms with van der Waals surface area (Å²) in [6.45, 7) is -0.403. The molecule has 2 aromatic rings. The molecule has 28 heavy (non-hydrogen) atoms. The van der Waals surface area contributed by atoms with Gasteiger partial charge in [0.15, 0.2) is 6.61 Å². The third-order valence-corrected chi connectivity index (χ3v) is 4.65. The Kier molecular flexibility index (Phi) is 6.47. The van der Waals surface area contributed by atoms with Crippen molar-refractivity contribution in [2.24, 2.45) is 0 Å². The van der Waals surface area contributed by atoms with Crippen LogP contribution < -0.4 is 4.74 Å². The van der Waals surface area contributed by atoms with E-state index in [0.717, 1.165) is 29.5 Å². The van der Waals surface area contributed by atoms with Gasteiger partial charge >= 0.3 is 6.18 Å². The molecule has 0 unspecified atom stereocenters. The van der Waals surface area contributed by atoms with Gasteiger partial charge in [-0.2, -0.15) is 13.2 Å². The maximum atomic E-state index is 12.3. The third-order valence-electron chi connectivity index (χ3n) is 4.05. The Bertz CT molecular complexity index is 881. The van der Waals surface area contributed by atoms with Crippen LogP contribution in [0.2, 0.25) is 10.2 Å². The highest BCUT2D eigenvalue weighted by molar-refractivity contribution is 6.31. The van der Waals surface area contributed by atoms with Gasteiger partial charge in [0.05, 0.1) is 0 Å². The van der Waals surface area contributed by atoms with E-state index in [1.165, 1.54) is 11.8 Å². The minimum absolute atomic E-state index is 0.0358. The molecule has 0 radical (unpaired) electrons. The number of hydrogen-bond donors (Lipinski definition) is 0. The Hall–Kier alpha value is -1.83. The van der Waals surface area contributed by atoms with E-state index in [-0.39, 0.29) is 10.9 Å². The number of ether oxygens (including phenoxy) is 1. The minimum atomic E-state index is -4.44. The number of halogens is 5. The molecule has 2 aromatic heterocycles. The van der Waals surface area contributed by atoms with Crippen molar-refractivity contribution in [3.63, 3.8) is 0 Å². The summed E-state index contributed by atoms with van der Waals surface area (Å²) >= 11 is 12.3. The van der Waals surface area contributed by atoms with E-state index in [2.05, 4.69) is 20.8 Å². The van der Waals surface area contributed by atoms with Crippen LogP contribution in [-0.2, 0) is 13.1 Å². The second kappa shape index (κ2) is 8.68. The number of hydrogen-bond acceptors (Lipinski definition) is 4. The summed E-state index contributed by atoms with van der Waals surface area (Å²) in [6.07, 6.45) is 3.06. The summed E-state index contributed by atoms with van der Waals surface area (Å²) in [4.78, 5) is 10.1. The SMILES string of the molecule is CN(Cc1cnc(OCC(F)(F)F)c(Cl)c1)Cc1c(C=C2CC2)ccnc1Cl. The summed E-state index contributed by atoms with van der Waals surface area (Å²) < 4.78 is 41.4. The van der Waals surface area contributed by atoms with Gasteiger partial charge in [-0.15, -0.1) is 0 Å². The molecule has 0 bridgehead atoms. The molecule has 1 aliphatic carbocycles. The lowest BCUT2D eigenvalue weighted by Gasteiger charge is -2.19. The van der Waals surface area contributed by atoms with Crippen LogP contribution in [0, 0.1) is 0 Å². The third kappa shape index (κ3) is 6.09. The monoisotopic (exact) mass is 431 g/mol. The molecule has 0 spiro atoms. The molecule has 150 valence electrons. The summed E-state index contributed by atoms with van der Waals surface area (Å²) in [5, 5.41) is 0.489. The Morgan fingerprint density at radius 3 is 2.61 bits per heavy atom. The van der Waals surface area contributed by atoms with Gasteiger partial charge < -0.3 is 4.74 Å². The maximum absolute atomic E-state index is 12.3. The number of allylic oxidation sites excluding steroid dienone is 1. The Morgan fingerprint density at radius 1 is 1.21 bits per heavy atom. The molecule has 0 aliphatic heterocycles. The van der Waals surface area contributed by atoms with E-state index in [4.69, 9.17) is 23.2 Å². The fourth-order valence-electron chi connectivity index (χ4n) is 2.65. The van der Waals surface area contributed by atoms with Crippen LogP contribution in [0.15, 0.2) is 30.1 Å². The van der Waals surface area contributed by atoms with Crippen LogP contribution in [0.4, 0.5) is 13.2 Å². The number of aromatic nitrogens is 2. The fourth-order valence-corrected chi connectivity index (χ4v) is 3.12. The lowest BCUT2D eigenvalue weighted by molar-refractivity contribution is -0.154. The average molecular weight is 432 g/mol. The van der Waals surface area contributed by atoms with Crippen LogP contribution in [0.1, 0.15) is 29.5 Å². The van der Waals surface area contributed by atoms with Crippen molar-refractivity contribution in [3.05, 3.63) is 57.0 Å². The smallest absolute Gasteiger partial charge is 0.422 e. The quantitative estimate of drug-likeness (QED) is 0.539. The second-order valence-corrected chi connectivity index (χ2v) is 7.44. The standard InChI is InChI=1S/C19H18Cl2F3N3O/c1-27(10-15-14(6-12-2-3-12)4-5-25-17(15)21)9-13-7-16(20)18(26-8-13)28-11-19(22,23)24/h4-8H,2-3,9-11H2,1H3. The topological polar surface area (TPSA) is 38.2 Å². The molecule has 1 saturated carbocycles. The molecule has 1 aliphatic rings. The van der Waals surface area contributed by atoms with Crippen molar-refractivity contribution >= 4 is 29.3 Å². The van der Waals surface area contributed by atoms with E-state index >= 15 is 0 Å². The molecule has 0 aromatic carbocycles. The van der Waals surface area contributed by atoms with E-state index in [1.54, 1.807) is 12.3 Å². The summed E-state index contributed by atoms with van der Waals surface area (Å²) in [5.41, 5.74) is 4.10. The van der Waals surface area contributed by atoms with Crippen LogP contribution in [-0.4, -0.2) is 34.7 Å². The van der Waals surface area contributed by atoms with Gasteiger partial charge in [-0.3, -0.25) is 4.90 Å². The van der Waals surface area contributed by atoms with Gasteiger partial charge in [-0.1, -0.05) is 34.9 Å². The van der Waals surface area contributed by atoms with E-state index in [9.17, 15) is 13.2 Å². The highest BCUT2D eigenvalue weighted by atomic mass is 35.5. The van der Waals surface area contributed by atoms with Crippen molar-refractivity contribution in [1.82, 2.24) is 14.9 Å². The predicted octanol–water partition coefficient (Wildman–Crippen LogP) is 5.53. The lowest BCUT2D eigenvalue weighted by atomic mass is 10.1. The van der Waals surface area contributed by atoms with E-state index in [1.807, 2.05) is 18.0 Å². The van der Waals surface area contributed by atoms with Gasteiger partial charge in [0, 0.05) is 31.0 Å². The molecule has 4 nitrogen and oxygen atoms in total. The van der Waals surface area contributed by atoms with Gasteiger partial charge in [-0.25, -0.2) is 9.97 Å². The van der Waals surface area contributed by atoms with Crippen molar-refractivity contribution < 1.29 is 17.9 Å². The second-order valence-electron chi connectivity index (χ2n) is 6.68. The number of rotatable bonds is 7. The first-order valence-corrected chi connectivity index (χ1v) is 9.32. The average Bonchev–Trinajstić information content (AvgIpc) is 3.40. The van der Waals surface area contributed by atoms with E-state index < -0.39 is 12.8 Å². The van der Waals surface area contributed by atoms with Crippen molar-refractivity contribution in [3.8, 4) is 5.88 Å². The molecule has 3 rings (SSSR count). The summed E-state index contributed by atoms with van der Waals surface area (Å²) in [6, 6.07) is 3.49. The molecular formula is C19H18Cl2F3N3O.